The van der Waals surface area contributed by atoms with Crippen LogP contribution in [0.4, 0.5) is 5.69 Å². The SMILES string of the molecule is CC=Nc1cnc(C=O)cc1CCC. The molecule has 74 valence electrons. The summed E-state index contributed by atoms with van der Waals surface area (Å²) in [5.41, 5.74) is 2.42. The molecule has 3 heteroatoms. The van der Waals surface area contributed by atoms with Gasteiger partial charge in [0, 0.05) is 6.21 Å². The molecule has 14 heavy (non-hydrogen) atoms. The maximum atomic E-state index is 10.5. The number of aromatic nitrogens is 1. The Morgan fingerprint density at radius 2 is 2.36 bits per heavy atom. The fraction of sp³-hybridized carbons (Fsp3) is 0.364. The minimum Gasteiger partial charge on any atom is -0.296 e. The molecule has 1 aromatic rings. The Kier molecular flexibility index (Phi) is 3.98. The van der Waals surface area contributed by atoms with Crippen LogP contribution in [0.1, 0.15) is 36.3 Å². The lowest BCUT2D eigenvalue weighted by atomic mass is 10.1. The fourth-order valence-corrected chi connectivity index (χ4v) is 1.30. The zero-order valence-corrected chi connectivity index (χ0v) is 8.53. The van der Waals surface area contributed by atoms with Gasteiger partial charge < -0.3 is 0 Å². The third-order valence-electron chi connectivity index (χ3n) is 1.90. The van der Waals surface area contributed by atoms with Crippen molar-refractivity contribution in [2.75, 3.05) is 0 Å². The van der Waals surface area contributed by atoms with E-state index in [1.54, 1.807) is 18.5 Å². The Bertz CT molecular complexity index is 345. The summed E-state index contributed by atoms with van der Waals surface area (Å²) in [6, 6.07) is 1.80. The highest BCUT2D eigenvalue weighted by Crippen LogP contribution is 2.19. The Hall–Kier alpha value is -1.51. The molecule has 0 unspecified atom stereocenters. The number of aldehydes is 1. The second-order valence-electron chi connectivity index (χ2n) is 2.99. The van der Waals surface area contributed by atoms with E-state index in [0.717, 1.165) is 30.4 Å². The number of aliphatic imine (C=N–C) groups is 1. The summed E-state index contributed by atoms with van der Waals surface area (Å²) in [5.74, 6) is 0. The summed E-state index contributed by atoms with van der Waals surface area (Å²) >= 11 is 0. The molecule has 0 saturated heterocycles. The smallest absolute Gasteiger partial charge is 0.168 e. The molecular formula is C11H14N2O. The summed E-state index contributed by atoms with van der Waals surface area (Å²) in [6.07, 6.45) is 6.11. The Balaban J connectivity index is 3.09. The molecule has 0 aliphatic carbocycles. The molecule has 0 aliphatic rings. The quantitative estimate of drug-likeness (QED) is 0.541. The minimum atomic E-state index is 0.475. The van der Waals surface area contributed by atoms with E-state index >= 15 is 0 Å². The molecule has 0 N–H and O–H groups in total. The van der Waals surface area contributed by atoms with Crippen molar-refractivity contribution in [3.63, 3.8) is 0 Å². The van der Waals surface area contributed by atoms with Crippen LogP contribution in [0.5, 0.6) is 0 Å². The van der Waals surface area contributed by atoms with Crippen molar-refractivity contribution in [2.24, 2.45) is 4.99 Å². The van der Waals surface area contributed by atoms with Crippen LogP contribution in [0, 0.1) is 0 Å². The standard InChI is InChI=1S/C11H14N2O/c1-3-5-9-6-10(8-14)13-7-11(9)12-4-2/h4,6-8H,3,5H2,1-2H3. The van der Waals surface area contributed by atoms with E-state index in [2.05, 4.69) is 16.9 Å². The molecule has 0 spiro atoms. The van der Waals surface area contributed by atoms with Crippen molar-refractivity contribution in [1.82, 2.24) is 4.98 Å². The van der Waals surface area contributed by atoms with Gasteiger partial charge in [-0.25, -0.2) is 0 Å². The van der Waals surface area contributed by atoms with Crippen LogP contribution in [0.25, 0.3) is 0 Å². The number of nitrogens with zero attached hydrogens (tertiary/aromatic N) is 2. The van der Waals surface area contributed by atoms with E-state index in [4.69, 9.17) is 0 Å². The molecule has 0 radical (unpaired) electrons. The number of carbonyl (C=O) groups excluding carboxylic acids is 1. The average molecular weight is 190 g/mol. The van der Waals surface area contributed by atoms with Gasteiger partial charge in [0.15, 0.2) is 6.29 Å². The maximum absolute atomic E-state index is 10.5. The highest BCUT2D eigenvalue weighted by atomic mass is 16.1. The van der Waals surface area contributed by atoms with Crippen LogP contribution in [0.3, 0.4) is 0 Å². The number of rotatable bonds is 4. The molecule has 0 amide bonds. The van der Waals surface area contributed by atoms with Crippen molar-refractivity contribution in [1.29, 1.82) is 0 Å². The number of hydrogen-bond donors (Lipinski definition) is 0. The van der Waals surface area contributed by atoms with Crippen LogP contribution in [-0.4, -0.2) is 17.5 Å². The molecule has 0 bridgehead atoms. The normalized spacial score (nSPS) is 10.7. The summed E-state index contributed by atoms with van der Waals surface area (Å²) in [5, 5.41) is 0. The van der Waals surface area contributed by atoms with Crippen molar-refractivity contribution in [2.45, 2.75) is 26.7 Å². The molecule has 1 rings (SSSR count). The lowest BCUT2D eigenvalue weighted by Gasteiger charge is -2.03. The topological polar surface area (TPSA) is 42.3 Å². The van der Waals surface area contributed by atoms with Crippen molar-refractivity contribution in [3.8, 4) is 0 Å². The number of pyridine rings is 1. The number of carbonyl (C=O) groups is 1. The maximum Gasteiger partial charge on any atom is 0.168 e. The molecule has 0 saturated carbocycles. The van der Waals surface area contributed by atoms with Crippen molar-refractivity contribution in [3.05, 3.63) is 23.5 Å². The van der Waals surface area contributed by atoms with Crippen LogP contribution >= 0.6 is 0 Å². The molecule has 0 aliphatic heterocycles. The van der Waals surface area contributed by atoms with E-state index < -0.39 is 0 Å². The second-order valence-corrected chi connectivity index (χ2v) is 2.99. The predicted molar refractivity (Wildman–Crippen MR) is 57.4 cm³/mol. The first-order valence-electron chi connectivity index (χ1n) is 4.74. The fourth-order valence-electron chi connectivity index (χ4n) is 1.30. The van der Waals surface area contributed by atoms with Gasteiger partial charge in [0.2, 0.25) is 0 Å². The van der Waals surface area contributed by atoms with Crippen molar-refractivity contribution >= 4 is 18.2 Å². The monoisotopic (exact) mass is 190 g/mol. The first kappa shape index (κ1) is 10.6. The molecular weight excluding hydrogens is 176 g/mol. The van der Waals surface area contributed by atoms with Gasteiger partial charge in [-0.3, -0.25) is 14.8 Å². The van der Waals surface area contributed by atoms with E-state index in [1.165, 1.54) is 0 Å². The van der Waals surface area contributed by atoms with Gasteiger partial charge in [-0.05, 0) is 25.0 Å². The van der Waals surface area contributed by atoms with E-state index in [0.29, 0.717) is 5.69 Å². The van der Waals surface area contributed by atoms with E-state index in [9.17, 15) is 4.79 Å². The van der Waals surface area contributed by atoms with Gasteiger partial charge in [0.1, 0.15) is 5.69 Å². The summed E-state index contributed by atoms with van der Waals surface area (Å²) < 4.78 is 0. The Morgan fingerprint density at radius 1 is 1.57 bits per heavy atom. The highest BCUT2D eigenvalue weighted by molar-refractivity contribution is 5.73. The first-order valence-corrected chi connectivity index (χ1v) is 4.74. The van der Waals surface area contributed by atoms with Gasteiger partial charge in [-0.1, -0.05) is 13.3 Å². The van der Waals surface area contributed by atoms with Gasteiger partial charge in [0.05, 0.1) is 11.9 Å². The lowest BCUT2D eigenvalue weighted by Crippen LogP contribution is -1.91. The predicted octanol–water partition coefficient (Wildman–Crippen LogP) is 2.57. The van der Waals surface area contributed by atoms with Gasteiger partial charge in [-0.2, -0.15) is 0 Å². The molecule has 3 nitrogen and oxygen atoms in total. The number of aryl methyl sites for hydroxylation is 1. The van der Waals surface area contributed by atoms with Crippen LogP contribution in [-0.2, 0) is 6.42 Å². The van der Waals surface area contributed by atoms with Crippen LogP contribution < -0.4 is 0 Å². The van der Waals surface area contributed by atoms with Crippen LogP contribution in [0.15, 0.2) is 17.3 Å². The van der Waals surface area contributed by atoms with Gasteiger partial charge >= 0.3 is 0 Å². The zero-order chi connectivity index (χ0) is 10.4. The Morgan fingerprint density at radius 3 is 2.93 bits per heavy atom. The summed E-state index contributed by atoms with van der Waals surface area (Å²) in [4.78, 5) is 18.7. The molecule has 0 fully saturated rings. The second kappa shape index (κ2) is 5.27. The third kappa shape index (κ3) is 2.49. The third-order valence-corrected chi connectivity index (χ3v) is 1.90. The highest BCUT2D eigenvalue weighted by Gasteiger charge is 2.02. The minimum absolute atomic E-state index is 0.475. The van der Waals surface area contributed by atoms with Gasteiger partial charge in [0.25, 0.3) is 0 Å². The van der Waals surface area contributed by atoms with E-state index in [1.807, 2.05) is 6.92 Å². The largest absolute Gasteiger partial charge is 0.296 e. The summed E-state index contributed by atoms with van der Waals surface area (Å²) in [6.45, 7) is 3.96. The molecule has 1 heterocycles. The average Bonchev–Trinajstić information content (AvgIpc) is 2.21. The first-order chi connectivity index (χ1) is 6.81. The molecule has 0 aromatic carbocycles. The number of hydrogen-bond acceptors (Lipinski definition) is 3. The Labute approximate surface area is 83.9 Å². The zero-order valence-electron chi connectivity index (χ0n) is 8.53. The van der Waals surface area contributed by atoms with Crippen molar-refractivity contribution < 1.29 is 4.79 Å². The van der Waals surface area contributed by atoms with E-state index in [-0.39, 0.29) is 0 Å². The molecule has 1 aromatic heterocycles. The molecule has 0 atom stereocenters. The van der Waals surface area contributed by atoms with Crippen LogP contribution in [0.2, 0.25) is 0 Å². The summed E-state index contributed by atoms with van der Waals surface area (Å²) in [7, 11) is 0. The lowest BCUT2D eigenvalue weighted by molar-refractivity contribution is 0.111. The van der Waals surface area contributed by atoms with Gasteiger partial charge in [-0.15, -0.1) is 0 Å².